The topological polar surface area (TPSA) is 38.3 Å². The van der Waals surface area contributed by atoms with Crippen LogP contribution in [0.15, 0.2) is 0 Å². The van der Waals surface area contributed by atoms with Gasteiger partial charge in [0.1, 0.15) is 0 Å². The highest BCUT2D eigenvalue weighted by atomic mass is 16.5. The third kappa shape index (κ3) is 3.35. The first kappa shape index (κ1) is 10.5. The van der Waals surface area contributed by atoms with Crippen molar-refractivity contribution in [3.05, 3.63) is 0 Å². The van der Waals surface area contributed by atoms with E-state index in [1.54, 1.807) is 0 Å². The standard InChI is InChI=1S/C10H19NO2/c1-8(10(12)13-2)3-4-9-5-6-11-7-9/h8-9,11H,3-7H2,1-2H3. The fourth-order valence-electron chi connectivity index (χ4n) is 1.77. The summed E-state index contributed by atoms with van der Waals surface area (Å²) in [6, 6.07) is 0. The van der Waals surface area contributed by atoms with Gasteiger partial charge < -0.3 is 10.1 Å². The zero-order chi connectivity index (χ0) is 9.68. The van der Waals surface area contributed by atoms with Crippen molar-refractivity contribution in [1.82, 2.24) is 5.32 Å². The van der Waals surface area contributed by atoms with Crippen LogP contribution in [0.5, 0.6) is 0 Å². The lowest BCUT2D eigenvalue weighted by Gasteiger charge is -2.11. The van der Waals surface area contributed by atoms with Gasteiger partial charge in [-0.05, 0) is 38.3 Å². The third-order valence-electron chi connectivity index (χ3n) is 2.77. The van der Waals surface area contributed by atoms with Crippen molar-refractivity contribution >= 4 is 5.97 Å². The van der Waals surface area contributed by atoms with Crippen LogP contribution in [0, 0.1) is 11.8 Å². The molecule has 3 heteroatoms. The average molecular weight is 185 g/mol. The number of hydrogen-bond donors (Lipinski definition) is 1. The maximum Gasteiger partial charge on any atom is 0.308 e. The Kier molecular flexibility index (Phi) is 4.22. The Labute approximate surface area is 79.8 Å². The molecule has 1 rings (SSSR count). The summed E-state index contributed by atoms with van der Waals surface area (Å²) in [5.41, 5.74) is 0. The van der Waals surface area contributed by atoms with Crippen LogP contribution in [0.25, 0.3) is 0 Å². The van der Waals surface area contributed by atoms with E-state index in [1.807, 2.05) is 6.92 Å². The second-order valence-corrected chi connectivity index (χ2v) is 3.86. The largest absolute Gasteiger partial charge is 0.469 e. The van der Waals surface area contributed by atoms with Crippen LogP contribution >= 0.6 is 0 Å². The number of methoxy groups -OCH3 is 1. The Hall–Kier alpha value is -0.570. The van der Waals surface area contributed by atoms with Gasteiger partial charge in [-0.25, -0.2) is 0 Å². The minimum Gasteiger partial charge on any atom is -0.469 e. The molecule has 1 saturated heterocycles. The second-order valence-electron chi connectivity index (χ2n) is 3.86. The molecule has 1 N–H and O–H groups in total. The third-order valence-corrected chi connectivity index (χ3v) is 2.77. The first-order valence-corrected chi connectivity index (χ1v) is 5.02. The molecule has 0 aliphatic carbocycles. The predicted molar refractivity (Wildman–Crippen MR) is 51.4 cm³/mol. The first-order chi connectivity index (χ1) is 6.24. The van der Waals surface area contributed by atoms with Crippen molar-refractivity contribution in [1.29, 1.82) is 0 Å². The Morgan fingerprint density at radius 1 is 1.69 bits per heavy atom. The molecule has 0 bridgehead atoms. The fourth-order valence-corrected chi connectivity index (χ4v) is 1.77. The summed E-state index contributed by atoms with van der Waals surface area (Å²) in [6.07, 6.45) is 3.36. The first-order valence-electron chi connectivity index (χ1n) is 5.02. The Bertz CT molecular complexity index is 164. The molecule has 0 aromatic rings. The van der Waals surface area contributed by atoms with Gasteiger partial charge in [0.2, 0.25) is 0 Å². The normalized spacial score (nSPS) is 24.3. The Balaban J connectivity index is 2.13. The summed E-state index contributed by atoms with van der Waals surface area (Å²) in [5.74, 6) is 0.753. The summed E-state index contributed by atoms with van der Waals surface area (Å²) in [5, 5.41) is 3.32. The average Bonchev–Trinajstić information content (AvgIpc) is 2.65. The van der Waals surface area contributed by atoms with Gasteiger partial charge >= 0.3 is 5.97 Å². The number of ether oxygens (including phenoxy) is 1. The van der Waals surface area contributed by atoms with Crippen molar-refractivity contribution in [2.75, 3.05) is 20.2 Å². The van der Waals surface area contributed by atoms with Crippen molar-refractivity contribution in [2.45, 2.75) is 26.2 Å². The summed E-state index contributed by atoms with van der Waals surface area (Å²) in [6.45, 7) is 4.19. The molecule has 0 aromatic carbocycles. The molecule has 2 unspecified atom stereocenters. The maximum absolute atomic E-state index is 11.1. The monoisotopic (exact) mass is 185 g/mol. The molecular weight excluding hydrogens is 166 g/mol. The molecule has 76 valence electrons. The van der Waals surface area contributed by atoms with Crippen molar-refractivity contribution in [2.24, 2.45) is 11.8 Å². The van der Waals surface area contributed by atoms with E-state index < -0.39 is 0 Å². The zero-order valence-corrected chi connectivity index (χ0v) is 8.51. The van der Waals surface area contributed by atoms with E-state index in [0.29, 0.717) is 0 Å². The fraction of sp³-hybridized carbons (Fsp3) is 0.900. The van der Waals surface area contributed by atoms with E-state index in [0.717, 1.165) is 31.8 Å². The summed E-state index contributed by atoms with van der Waals surface area (Å²) >= 11 is 0. The van der Waals surface area contributed by atoms with E-state index in [-0.39, 0.29) is 11.9 Å². The summed E-state index contributed by atoms with van der Waals surface area (Å²) in [7, 11) is 1.45. The Morgan fingerprint density at radius 2 is 2.46 bits per heavy atom. The van der Waals surface area contributed by atoms with Crippen LogP contribution in [0.4, 0.5) is 0 Å². The van der Waals surface area contributed by atoms with E-state index in [2.05, 4.69) is 10.1 Å². The molecule has 1 aliphatic heterocycles. The molecule has 1 fully saturated rings. The van der Waals surface area contributed by atoms with Gasteiger partial charge in [0, 0.05) is 0 Å². The number of nitrogens with one attached hydrogen (secondary N) is 1. The second kappa shape index (κ2) is 5.22. The molecule has 0 amide bonds. The summed E-state index contributed by atoms with van der Waals surface area (Å²) in [4.78, 5) is 11.1. The molecule has 3 nitrogen and oxygen atoms in total. The molecule has 0 saturated carbocycles. The van der Waals surface area contributed by atoms with Crippen molar-refractivity contribution in [3.8, 4) is 0 Å². The van der Waals surface area contributed by atoms with Gasteiger partial charge in [-0.3, -0.25) is 4.79 Å². The SMILES string of the molecule is COC(=O)C(C)CCC1CCNC1. The van der Waals surface area contributed by atoms with Crippen LogP contribution in [0.1, 0.15) is 26.2 Å². The number of esters is 1. The molecule has 0 aromatic heterocycles. The number of hydrogen-bond acceptors (Lipinski definition) is 3. The van der Waals surface area contributed by atoms with Gasteiger partial charge in [0.25, 0.3) is 0 Å². The molecule has 13 heavy (non-hydrogen) atoms. The van der Waals surface area contributed by atoms with Crippen LogP contribution in [-0.4, -0.2) is 26.2 Å². The van der Waals surface area contributed by atoms with E-state index in [9.17, 15) is 4.79 Å². The van der Waals surface area contributed by atoms with Gasteiger partial charge in [0.15, 0.2) is 0 Å². The predicted octanol–water partition coefficient (Wildman–Crippen LogP) is 1.19. The van der Waals surface area contributed by atoms with E-state index in [4.69, 9.17) is 0 Å². The quantitative estimate of drug-likeness (QED) is 0.668. The molecule has 1 aliphatic rings. The lowest BCUT2D eigenvalue weighted by molar-refractivity contribution is -0.145. The van der Waals surface area contributed by atoms with Crippen LogP contribution < -0.4 is 5.32 Å². The van der Waals surface area contributed by atoms with Gasteiger partial charge in [-0.15, -0.1) is 0 Å². The smallest absolute Gasteiger partial charge is 0.308 e. The van der Waals surface area contributed by atoms with Crippen LogP contribution in [0.2, 0.25) is 0 Å². The van der Waals surface area contributed by atoms with Crippen LogP contribution in [0.3, 0.4) is 0 Å². The molecule has 0 spiro atoms. The lowest BCUT2D eigenvalue weighted by atomic mass is 9.96. The van der Waals surface area contributed by atoms with E-state index in [1.165, 1.54) is 13.5 Å². The molecule has 1 heterocycles. The zero-order valence-electron chi connectivity index (χ0n) is 8.51. The minimum atomic E-state index is -0.0778. The highest BCUT2D eigenvalue weighted by Gasteiger charge is 2.18. The maximum atomic E-state index is 11.1. The van der Waals surface area contributed by atoms with Crippen molar-refractivity contribution in [3.63, 3.8) is 0 Å². The highest BCUT2D eigenvalue weighted by molar-refractivity contribution is 5.71. The number of carbonyl (C=O) groups is 1. The van der Waals surface area contributed by atoms with Crippen molar-refractivity contribution < 1.29 is 9.53 Å². The van der Waals surface area contributed by atoms with Gasteiger partial charge in [-0.2, -0.15) is 0 Å². The number of carbonyl (C=O) groups excluding carboxylic acids is 1. The van der Waals surface area contributed by atoms with Gasteiger partial charge in [0.05, 0.1) is 13.0 Å². The van der Waals surface area contributed by atoms with E-state index >= 15 is 0 Å². The summed E-state index contributed by atoms with van der Waals surface area (Å²) < 4.78 is 4.67. The Morgan fingerprint density at radius 3 is 3.00 bits per heavy atom. The highest BCUT2D eigenvalue weighted by Crippen LogP contribution is 2.18. The van der Waals surface area contributed by atoms with Crippen LogP contribution in [-0.2, 0) is 9.53 Å². The lowest BCUT2D eigenvalue weighted by Crippen LogP contribution is -2.15. The minimum absolute atomic E-state index is 0.0607. The molecular formula is C10H19NO2. The molecule has 0 radical (unpaired) electrons. The molecule has 2 atom stereocenters. The van der Waals surface area contributed by atoms with Gasteiger partial charge in [-0.1, -0.05) is 6.92 Å². The number of rotatable bonds is 4.